The van der Waals surface area contributed by atoms with Gasteiger partial charge in [-0.05, 0) is 115 Å². The lowest BCUT2D eigenvalue weighted by atomic mass is 9.62. The van der Waals surface area contributed by atoms with E-state index >= 15 is 14.4 Å². The van der Waals surface area contributed by atoms with Crippen LogP contribution in [-0.2, 0) is 14.3 Å². The van der Waals surface area contributed by atoms with Crippen molar-refractivity contribution in [3.05, 3.63) is 43.6 Å². The number of allylic oxidation sites excluding steroid dienone is 2. The molecule has 314 valence electrons. The summed E-state index contributed by atoms with van der Waals surface area (Å²) in [4.78, 5) is 88.7. The molecule has 1 aromatic heterocycles. The van der Waals surface area contributed by atoms with Gasteiger partial charge in [-0.2, -0.15) is 0 Å². The predicted octanol–water partition coefficient (Wildman–Crippen LogP) is 7.05. The van der Waals surface area contributed by atoms with Gasteiger partial charge in [-0.3, -0.25) is 0 Å². The first-order valence-electron chi connectivity index (χ1n) is 21.1. The zero-order valence-corrected chi connectivity index (χ0v) is 35.8. The minimum Gasteiger partial charge on any atom is -0.449 e. The fraction of sp³-hybridized carbons (Fsp3) is 0.818. The summed E-state index contributed by atoms with van der Waals surface area (Å²) in [5.41, 5.74) is -4.24. The molecule has 2 bridgehead atoms. The quantitative estimate of drug-likeness (QED) is 0.143. The Labute approximate surface area is 336 Å². The molecule has 1 aromatic rings. The van der Waals surface area contributed by atoms with Gasteiger partial charge in [0.25, 0.3) is 0 Å². The molecule has 1 N–H and O–H groups in total. The van der Waals surface area contributed by atoms with E-state index in [9.17, 15) is 14.4 Å². The lowest BCUT2D eigenvalue weighted by Gasteiger charge is -2.48. The number of nitrogens with zero attached hydrogens (tertiary/aromatic N) is 5. The number of nitrogens with one attached hydrogen (secondary N) is 1. The highest BCUT2D eigenvalue weighted by atomic mass is 16.5. The molecule has 4 saturated carbocycles. The number of fused-ring (bicyclic) bond motifs is 2. The molecule has 13 nitrogen and oxygen atoms in total. The number of hydrogen-bond donors (Lipinski definition) is 1. The largest absolute Gasteiger partial charge is 0.449 e. The summed E-state index contributed by atoms with van der Waals surface area (Å²) < 4.78 is 9.76. The molecule has 0 aliphatic heterocycles. The van der Waals surface area contributed by atoms with Gasteiger partial charge in [0, 0.05) is 30.6 Å². The molecular weight excluding hydrogens is 725 g/mol. The number of carbonyl (C=O) groups is 1. The Morgan fingerprint density at radius 1 is 0.667 bits per heavy atom. The van der Waals surface area contributed by atoms with E-state index in [0.717, 1.165) is 32.1 Å². The molecule has 5 aliphatic carbocycles. The lowest BCUT2D eigenvalue weighted by molar-refractivity contribution is 0.0363. The van der Waals surface area contributed by atoms with Gasteiger partial charge >= 0.3 is 23.2 Å². The first-order valence-corrected chi connectivity index (χ1v) is 21.1. The van der Waals surface area contributed by atoms with Gasteiger partial charge < -0.3 is 10.1 Å². The zero-order chi connectivity index (χ0) is 41.8. The second-order valence-electron chi connectivity index (χ2n) is 22.4. The molecular formula is C44H66N6O7. The average molecular weight is 791 g/mol. The van der Waals surface area contributed by atoms with E-state index < -0.39 is 57.5 Å². The lowest BCUT2D eigenvalue weighted by Crippen LogP contribution is -2.60. The third kappa shape index (κ3) is 9.41. The molecule has 0 spiro atoms. The summed E-state index contributed by atoms with van der Waals surface area (Å²) in [6.07, 6.45) is 14.7. The van der Waals surface area contributed by atoms with Crippen molar-refractivity contribution in [3.63, 3.8) is 0 Å². The molecule has 0 radical (unpaired) electrons. The van der Waals surface area contributed by atoms with Crippen LogP contribution in [0, 0.1) is 50.2 Å². The van der Waals surface area contributed by atoms with Crippen molar-refractivity contribution < 1.29 is 19.1 Å². The van der Waals surface area contributed by atoms with Crippen LogP contribution < -0.4 is 22.4 Å². The van der Waals surface area contributed by atoms with Gasteiger partial charge in [-0.1, -0.05) is 74.5 Å². The fourth-order valence-corrected chi connectivity index (χ4v) is 13.2. The van der Waals surface area contributed by atoms with Crippen LogP contribution in [0.2, 0.25) is 0 Å². The van der Waals surface area contributed by atoms with Crippen LogP contribution in [0.15, 0.2) is 36.5 Å². The molecule has 0 aromatic carbocycles. The van der Waals surface area contributed by atoms with Crippen LogP contribution >= 0.6 is 0 Å². The highest BCUT2D eigenvalue weighted by Crippen LogP contribution is 2.53. The summed E-state index contributed by atoms with van der Waals surface area (Å²) in [5, 5.41) is 3.03. The fourth-order valence-electron chi connectivity index (χ4n) is 13.2. The molecule has 6 rings (SSSR count). The van der Waals surface area contributed by atoms with Crippen molar-refractivity contribution >= 4 is 18.3 Å². The van der Waals surface area contributed by atoms with E-state index in [0.29, 0.717) is 69.4 Å². The Morgan fingerprint density at radius 2 is 1.09 bits per heavy atom. The monoisotopic (exact) mass is 790 g/mol. The average Bonchev–Trinajstić information content (AvgIpc) is 3.70. The van der Waals surface area contributed by atoms with Crippen LogP contribution in [0.3, 0.4) is 0 Å². The number of hydrogen-bond acceptors (Lipinski definition) is 9. The van der Waals surface area contributed by atoms with Gasteiger partial charge in [0.15, 0.2) is 0 Å². The first kappa shape index (κ1) is 42.8. The normalized spacial score (nSPS) is 36.2. The number of aromatic nitrogens is 3. The molecule has 9 unspecified atom stereocenters. The predicted molar refractivity (Wildman–Crippen MR) is 218 cm³/mol. The number of amides is 1. The van der Waals surface area contributed by atoms with Gasteiger partial charge in [0.1, 0.15) is 0 Å². The third-order valence-corrected chi connectivity index (χ3v) is 14.2. The Balaban J connectivity index is 1.40. The number of ether oxygens (including phenoxy) is 1. The topological polar surface area (TPSA) is 163 Å². The smallest absolute Gasteiger partial charge is 0.407 e. The molecule has 13 heteroatoms. The zero-order valence-electron chi connectivity index (χ0n) is 35.8. The van der Waals surface area contributed by atoms with Gasteiger partial charge in [0.2, 0.25) is 12.2 Å². The standard InChI is InChI=1S/C44H66N6O7/c1-39(2)14-32(17-42(7,21-39)24-45-27-51)48-36(54)49(33-15-40(3,4)22-43(8,18-33)25-46-28-52)38(56)50(37(48)55)34-16-41(5,6)23-44(9,19-34)26-47-35(53)57-20-31-13-29-10-11-30(31)12-29/h10-11,29-34H,12-26H2,1-9H3,(H,47,53). The number of isocyanates is 2. The van der Waals surface area contributed by atoms with Crippen molar-refractivity contribution in [3.8, 4) is 0 Å². The van der Waals surface area contributed by atoms with E-state index in [1.54, 1.807) is 12.2 Å². The van der Waals surface area contributed by atoms with E-state index in [-0.39, 0.29) is 29.3 Å². The highest BCUT2D eigenvalue weighted by Gasteiger charge is 2.48. The van der Waals surface area contributed by atoms with E-state index in [4.69, 9.17) is 4.74 Å². The van der Waals surface area contributed by atoms with E-state index in [1.807, 2.05) is 13.8 Å². The maximum absolute atomic E-state index is 15.1. The number of aliphatic imine (C=N–C) groups is 2. The highest BCUT2D eigenvalue weighted by molar-refractivity contribution is 5.67. The molecule has 4 fully saturated rings. The van der Waals surface area contributed by atoms with Gasteiger partial charge in [0.05, 0.1) is 19.7 Å². The Morgan fingerprint density at radius 3 is 1.47 bits per heavy atom. The van der Waals surface area contributed by atoms with Crippen molar-refractivity contribution in [2.75, 3.05) is 26.2 Å². The van der Waals surface area contributed by atoms with Crippen LogP contribution in [0.5, 0.6) is 0 Å². The maximum atomic E-state index is 15.1. The summed E-state index contributed by atoms with van der Waals surface area (Å²) in [6, 6.07) is -1.65. The van der Waals surface area contributed by atoms with Crippen LogP contribution in [0.1, 0.15) is 151 Å². The Hall–Kier alpha value is -3.82. The van der Waals surface area contributed by atoms with Crippen LogP contribution in [0.25, 0.3) is 0 Å². The summed E-state index contributed by atoms with van der Waals surface area (Å²) in [5.74, 6) is 1.41. The van der Waals surface area contributed by atoms with E-state index in [2.05, 4.69) is 75.9 Å². The van der Waals surface area contributed by atoms with Gasteiger partial charge in [-0.25, -0.2) is 52.5 Å². The van der Waals surface area contributed by atoms with Crippen molar-refractivity contribution in [2.45, 2.75) is 151 Å². The van der Waals surface area contributed by atoms with Gasteiger partial charge in [-0.15, -0.1) is 0 Å². The summed E-state index contributed by atoms with van der Waals surface area (Å²) in [6.45, 7) is 20.0. The second kappa shape index (κ2) is 15.4. The molecule has 5 aliphatic rings. The molecule has 0 saturated heterocycles. The molecule has 1 amide bonds. The molecule has 9 atom stereocenters. The minimum atomic E-state index is -0.623. The SMILES string of the molecule is CC1(C)CC(n2c(=O)n(C3CC(C)(C)CC(C)(CN=C=O)C3)c(=O)n(C3CC(C)(C)CC(C)(CNC(=O)OCC4CC5C=CC4C5)C3)c2=O)CC(C)(CN=C=O)C1. The number of carbonyl (C=O) groups excluding carboxylic acids is 3. The van der Waals surface area contributed by atoms with Crippen LogP contribution in [-0.4, -0.2) is 58.2 Å². The summed E-state index contributed by atoms with van der Waals surface area (Å²) >= 11 is 0. The first-order chi connectivity index (χ1) is 26.5. The summed E-state index contributed by atoms with van der Waals surface area (Å²) in [7, 11) is 0. The van der Waals surface area contributed by atoms with Crippen molar-refractivity contribution in [1.29, 1.82) is 0 Å². The van der Waals surface area contributed by atoms with Crippen molar-refractivity contribution in [2.24, 2.45) is 60.2 Å². The molecule has 1 heterocycles. The number of rotatable bonds is 11. The Bertz CT molecular complexity index is 1940. The maximum Gasteiger partial charge on any atom is 0.407 e. The Kier molecular flexibility index (Phi) is 11.6. The third-order valence-electron chi connectivity index (χ3n) is 14.2. The molecule has 57 heavy (non-hydrogen) atoms. The van der Waals surface area contributed by atoms with E-state index in [1.165, 1.54) is 13.7 Å². The second-order valence-corrected chi connectivity index (χ2v) is 22.4. The van der Waals surface area contributed by atoms with Crippen molar-refractivity contribution in [1.82, 2.24) is 19.0 Å². The van der Waals surface area contributed by atoms with Crippen LogP contribution in [0.4, 0.5) is 4.79 Å². The number of alkyl carbamates (subject to hydrolysis) is 1. The minimum absolute atomic E-state index is 0.217.